The summed E-state index contributed by atoms with van der Waals surface area (Å²) in [7, 11) is 1.62. The number of thiocarbonyl (C=S) groups is 2. The van der Waals surface area contributed by atoms with Crippen LogP contribution < -0.4 is 26.2 Å². The third-order valence-corrected chi connectivity index (χ3v) is 3.86. The highest BCUT2D eigenvalue weighted by atomic mass is 32.1. The van der Waals surface area contributed by atoms with Gasteiger partial charge >= 0.3 is 0 Å². The lowest BCUT2D eigenvalue weighted by atomic mass is 10.0. The Labute approximate surface area is 159 Å². The minimum Gasteiger partial charge on any atom is -0.497 e. The largest absolute Gasteiger partial charge is 0.497 e. The predicted molar refractivity (Wildman–Crippen MR) is 112 cm³/mol. The SMILES string of the molecule is COc1cccc(NC(=S)NNC(=S)Nc2ccc(C(C)C)cc2)c1. The maximum atomic E-state index is 5.25. The molecule has 0 heterocycles. The Morgan fingerprint density at radius 2 is 1.48 bits per heavy atom. The number of nitrogens with one attached hydrogen (secondary N) is 4. The monoisotopic (exact) mass is 374 g/mol. The number of benzene rings is 2. The fourth-order valence-electron chi connectivity index (χ4n) is 2.09. The molecule has 0 unspecified atom stereocenters. The summed E-state index contributed by atoms with van der Waals surface area (Å²) in [6, 6.07) is 15.6. The molecule has 2 aromatic carbocycles. The van der Waals surface area contributed by atoms with Gasteiger partial charge in [-0.15, -0.1) is 0 Å². The van der Waals surface area contributed by atoms with E-state index in [9.17, 15) is 0 Å². The molecule has 5 nitrogen and oxygen atoms in total. The van der Waals surface area contributed by atoms with E-state index in [2.05, 4.69) is 47.5 Å². The molecule has 0 bridgehead atoms. The zero-order valence-electron chi connectivity index (χ0n) is 14.4. The number of hydrogen-bond donors (Lipinski definition) is 4. The number of rotatable bonds is 4. The van der Waals surface area contributed by atoms with Crippen molar-refractivity contribution in [2.75, 3.05) is 17.7 Å². The maximum absolute atomic E-state index is 5.25. The minimum atomic E-state index is 0.396. The van der Waals surface area contributed by atoms with Crippen LogP contribution in [-0.2, 0) is 0 Å². The van der Waals surface area contributed by atoms with Gasteiger partial charge in [-0.1, -0.05) is 32.0 Å². The van der Waals surface area contributed by atoms with Gasteiger partial charge in [-0.3, -0.25) is 10.9 Å². The zero-order chi connectivity index (χ0) is 18.2. The first-order valence-corrected chi connectivity index (χ1v) is 8.67. The normalized spacial score (nSPS) is 10.1. The van der Waals surface area contributed by atoms with E-state index in [0.717, 1.165) is 17.1 Å². The van der Waals surface area contributed by atoms with Gasteiger partial charge in [0.05, 0.1) is 7.11 Å². The summed E-state index contributed by atoms with van der Waals surface area (Å²) in [5.74, 6) is 1.25. The molecule has 0 atom stereocenters. The number of anilines is 2. The second-order valence-corrected chi connectivity index (χ2v) is 6.48. The fourth-order valence-corrected chi connectivity index (χ4v) is 2.43. The predicted octanol–water partition coefficient (Wildman–Crippen LogP) is 4.01. The lowest BCUT2D eigenvalue weighted by Crippen LogP contribution is -2.45. The molecule has 0 spiro atoms. The van der Waals surface area contributed by atoms with E-state index in [0.29, 0.717) is 16.1 Å². The lowest BCUT2D eigenvalue weighted by Gasteiger charge is -2.15. The van der Waals surface area contributed by atoms with Gasteiger partial charge in [0, 0.05) is 17.4 Å². The Morgan fingerprint density at radius 1 is 0.880 bits per heavy atom. The maximum Gasteiger partial charge on any atom is 0.189 e. The lowest BCUT2D eigenvalue weighted by molar-refractivity contribution is 0.415. The van der Waals surface area contributed by atoms with Gasteiger partial charge in [0.25, 0.3) is 0 Å². The molecule has 0 aromatic heterocycles. The fraction of sp³-hybridized carbons (Fsp3) is 0.222. The quantitative estimate of drug-likeness (QED) is 0.477. The van der Waals surface area contributed by atoms with E-state index < -0.39 is 0 Å². The first kappa shape index (κ1) is 19.0. The number of methoxy groups -OCH3 is 1. The Kier molecular flexibility index (Phi) is 6.97. The summed E-state index contributed by atoms with van der Waals surface area (Å²) in [5, 5.41) is 6.96. The summed E-state index contributed by atoms with van der Waals surface area (Å²) in [6.45, 7) is 4.32. The molecule has 25 heavy (non-hydrogen) atoms. The molecule has 132 valence electrons. The smallest absolute Gasteiger partial charge is 0.189 e. The summed E-state index contributed by atoms with van der Waals surface area (Å²) < 4.78 is 5.17. The Bertz CT molecular complexity index is 732. The molecule has 0 saturated carbocycles. The molecule has 0 fully saturated rings. The van der Waals surface area contributed by atoms with E-state index in [1.165, 1.54) is 5.56 Å². The molecule has 0 aliphatic heterocycles. The van der Waals surface area contributed by atoms with Crippen molar-refractivity contribution in [1.29, 1.82) is 0 Å². The van der Waals surface area contributed by atoms with Crippen LogP contribution in [0.5, 0.6) is 5.75 Å². The van der Waals surface area contributed by atoms with Crippen LogP contribution in [0.15, 0.2) is 48.5 Å². The van der Waals surface area contributed by atoms with Crippen LogP contribution in [0.25, 0.3) is 0 Å². The van der Waals surface area contributed by atoms with E-state index in [1.54, 1.807) is 7.11 Å². The van der Waals surface area contributed by atoms with E-state index in [4.69, 9.17) is 29.2 Å². The van der Waals surface area contributed by atoms with Crippen molar-refractivity contribution in [3.63, 3.8) is 0 Å². The van der Waals surface area contributed by atoms with Crippen molar-refractivity contribution >= 4 is 46.0 Å². The van der Waals surface area contributed by atoms with E-state index >= 15 is 0 Å². The minimum absolute atomic E-state index is 0.396. The van der Waals surface area contributed by atoms with Crippen LogP contribution >= 0.6 is 24.4 Å². The summed E-state index contributed by atoms with van der Waals surface area (Å²) in [4.78, 5) is 0. The number of ether oxygens (including phenoxy) is 1. The molecule has 0 radical (unpaired) electrons. The molecule has 4 N–H and O–H groups in total. The second-order valence-electron chi connectivity index (χ2n) is 5.67. The summed E-state index contributed by atoms with van der Waals surface area (Å²) in [5.41, 5.74) is 8.71. The molecule has 2 aromatic rings. The molecule has 2 rings (SSSR count). The second kappa shape index (κ2) is 9.19. The van der Waals surface area contributed by atoms with Gasteiger partial charge < -0.3 is 15.4 Å². The molecule has 0 saturated heterocycles. The van der Waals surface area contributed by atoms with Gasteiger partial charge in [0.2, 0.25) is 0 Å². The van der Waals surface area contributed by atoms with E-state index in [1.807, 2.05) is 36.4 Å². The highest BCUT2D eigenvalue weighted by Crippen LogP contribution is 2.17. The standard InChI is InChI=1S/C18H22N4OS2/c1-12(2)13-7-9-14(10-8-13)19-17(24)21-22-18(25)20-15-5-4-6-16(11-15)23-3/h4-12H,1-3H3,(H2,19,21,24)(H2,20,22,25). The Hall–Kier alpha value is -2.38. The van der Waals surface area contributed by atoms with Gasteiger partial charge in [0.15, 0.2) is 10.2 Å². The Balaban J connectivity index is 1.79. The number of hydrazine groups is 1. The third-order valence-electron chi connectivity index (χ3n) is 3.45. The van der Waals surface area contributed by atoms with Crippen LogP contribution in [0, 0.1) is 0 Å². The molecule has 0 amide bonds. The van der Waals surface area contributed by atoms with Crippen molar-refractivity contribution in [3.05, 3.63) is 54.1 Å². The molecular weight excluding hydrogens is 352 g/mol. The summed E-state index contributed by atoms with van der Waals surface area (Å²) >= 11 is 10.5. The first-order valence-electron chi connectivity index (χ1n) is 7.86. The van der Waals surface area contributed by atoms with Gasteiger partial charge in [-0.25, -0.2) is 0 Å². The zero-order valence-corrected chi connectivity index (χ0v) is 16.1. The first-order chi connectivity index (χ1) is 12.0. The van der Waals surface area contributed by atoms with Crippen molar-refractivity contribution < 1.29 is 4.74 Å². The van der Waals surface area contributed by atoms with E-state index in [-0.39, 0.29) is 0 Å². The average molecular weight is 375 g/mol. The highest BCUT2D eigenvalue weighted by molar-refractivity contribution is 7.81. The highest BCUT2D eigenvalue weighted by Gasteiger charge is 2.02. The number of hydrogen-bond acceptors (Lipinski definition) is 3. The van der Waals surface area contributed by atoms with Crippen LogP contribution in [0.1, 0.15) is 25.3 Å². The van der Waals surface area contributed by atoms with Crippen LogP contribution in [0.3, 0.4) is 0 Å². The van der Waals surface area contributed by atoms with Crippen molar-refractivity contribution in [2.45, 2.75) is 19.8 Å². The van der Waals surface area contributed by atoms with Gasteiger partial charge in [-0.2, -0.15) is 0 Å². The van der Waals surface area contributed by atoms with Crippen molar-refractivity contribution in [1.82, 2.24) is 10.9 Å². The van der Waals surface area contributed by atoms with Crippen LogP contribution in [-0.4, -0.2) is 17.3 Å². The molecular formula is C18H22N4OS2. The Morgan fingerprint density at radius 3 is 2.04 bits per heavy atom. The van der Waals surface area contributed by atoms with Crippen molar-refractivity contribution in [2.24, 2.45) is 0 Å². The van der Waals surface area contributed by atoms with Crippen LogP contribution in [0.2, 0.25) is 0 Å². The summed E-state index contributed by atoms with van der Waals surface area (Å²) in [6.07, 6.45) is 0. The topological polar surface area (TPSA) is 57.4 Å². The van der Waals surface area contributed by atoms with Gasteiger partial charge in [0.1, 0.15) is 5.75 Å². The molecule has 0 aliphatic rings. The molecule has 7 heteroatoms. The van der Waals surface area contributed by atoms with Crippen LogP contribution in [0.4, 0.5) is 11.4 Å². The van der Waals surface area contributed by atoms with Gasteiger partial charge in [-0.05, 0) is 60.2 Å². The third kappa shape index (κ3) is 6.21. The molecule has 0 aliphatic carbocycles. The van der Waals surface area contributed by atoms with Crippen molar-refractivity contribution in [3.8, 4) is 5.75 Å². The average Bonchev–Trinajstić information content (AvgIpc) is 2.60.